The van der Waals surface area contributed by atoms with E-state index in [9.17, 15) is 0 Å². The smallest absolute Gasteiger partial charge is 0.153 e. The van der Waals surface area contributed by atoms with Crippen LogP contribution in [0.15, 0.2) is 18.2 Å². The zero-order valence-corrected chi connectivity index (χ0v) is 10.7. The lowest BCUT2D eigenvalue weighted by Crippen LogP contribution is -2.20. The molecule has 1 aliphatic rings. The molecule has 0 aliphatic carbocycles. The number of H-pyrrole nitrogens is 1. The lowest BCUT2D eigenvalue weighted by atomic mass is 10.0. The molecule has 3 N–H and O–H groups in total. The first-order valence-electron chi connectivity index (χ1n) is 6.78. The second-order valence-corrected chi connectivity index (χ2v) is 5.10. The third-order valence-corrected chi connectivity index (χ3v) is 3.82. The lowest BCUT2D eigenvalue weighted by Gasteiger charge is -2.14. The average Bonchev–Trinajstić information content (AvgIpc) is 3.00. The van der Waals surface area contributed by atoms with E-state index in [2.05, 4.69) is 27.2 Å². The summed E-state index contributed by atoms with van der Waals surface area (Å²) in [6, 6.07) is 6.27. The fourth-order valence-electron chi connectivity index (χ4n) is 2.88. The maximum Gasteiger partial charge on any atom is 0.153 e. The molecule has 1 saturated heterocycles. The number of hydrogen-bond donors (Lipinski definition) is 2. The van der Waals surface area contributed by atoms with Crippen LogP contribution in [0.1, 0.15) is 24.8 Å². The van der Waals surface area contributed by atoms with Gasteiger partial charge >= 0.3 is 0 Å². The molecule has 96 valence electrons. The molecular weight excluding hydrogens is 224 g/mol. The van der Waals surface area contributed by atoms with Crippen molar-refractivity contribution in [1.29, 1.82) is 0 Å². The zero-order valence-electron chi connectivity index (χ0n) is 10.7. The van der Waals surface area contributed by atoms with Gasteiger partial charge in [-0.1, -0.05) is 12.1 Å². The number of nitrogen functional groups attached to an aromatic ring is 1. The number of hydrogen-bond acceptors (Lipinski definition) is 3. The van der Waals surface area contributed by atoms with Crippen LogP contribution in [0.25, 0.3) is 10.9 Å². The minimum absolute atomic E-state index is 0.627. The number of fused-ring (bicyclic) bond motifs is 1. The molecule has 0 spiro atoms. The zero-order chi connectivity index (χ0) is 12.4. The summed E-state index contributed by atoms with van der Waals surface area (Å²) in [7, 11) is 0. The van der Waals surface area contributed by atoms with Gasteiger partial charge < -0.3 is 10.6 Å². The molecule has 3 rings (SSSR count). The summed E-state index contributed by atoms with van der Waals surface area (Å²) < 4.78 is 0. The molecular formula is C14H20N4. The summed E-state index contributed by atoms with van der Waals surface area (Å²) in [6.45, 7) is 3.75. The highest BCUT2D eigenvalue weighted by molar-refractivity contribution is 5.91. The topological polar surface area (TPSA) is 57.9 Å². The highest BCUT2D eigenvalue weighted by atomic mass is 15.2. The van der Waals surface area contributed by atoms with E-state index in [0.29, 0.717) is 5.82 Å². The molecule has 4 heteroatoms. The van der Waals surface area contributed by atoms with Crippen molar-refractivity contribution in [2.75, 3.05) is 25.4 Å². The maximum absolute atomic E-state index is 5.92. The van der Waals surface area contributed by atoms with E-state index in [4.69, 9.17) is 5.73 Å². The van der Waals surface area contributed by atoms with Crippen molar-refractivity contribution in [2.24, 2.45) is 0 Å². The summed E-state index contributed by atoms with van der Waals surface area (Å²) in [5.41, 5.74) is 8.28. The number of nitrogens with zero attached hydrogens (tertiary/aromatic N) is 2. The van der Waals surface area contributed by atoms with E-state index >= 15 is 0 Å². The molecule has 1 aromatic carbocycles. The Labute approximate surface area is 107 Å². The van der Waals surface area contributed by atoms with E-state index in [0.717, 1.165) is 17.3 Å². The highest BCUT2D eigenvalue weighted by Gasteiger charge is 2.12. The summed E-state index contributed by atoms with van der Waals surface area (Å²) in [5, 5.41) is 8.17. The molecule has 0 atom stereocenters. The highest BCUT2D eigenvalue weighted by Crippen LogP contribution is 2.23. The predicted octanol–water partition coefficient (Wildman–Crippen LogP) is 2.17. The number of aryl methyl sites for hydroxylation is 1. The Morgan fingerprint density at radius 2 is 2.11 bits per heavy atom. The van der Waals surface area contributed by atoms with E-state index in [1.807, 2.05) is 6.07 Å². The quantitative estimate of drug-likeness (QED) is 0.866. The van der Waals surface area contributed by atoms with Gasteiger partial charge in [-0.3, -0.25) is 5.10 Å². The normalized spacial score (nSPS) is 16.7. The van der Waals surface area contributed by atoms with Crippen LogP contribution in [-0.2, 0) is 6.42 Å². The van der Waals surface area contributed by atoms with Crippen LogP contribution in [0, 0.1) is 0 Å². The fraction of sp³-hybridized carbons (Fsp3) is 0.500. The van der Waals surface area contributed by atoms with Crippen molar-refractivity contribution in [3.05, 3.63) is 23.8 Å². The molecule has 0 saturated carbocycles. The Balaban J connectivity index is 1.68. The fourth-order valence-corrected chi connectivity index (χ4v) is 2.88. The van der Waals surface area contributed by atoms with Gasteiger partial charge in [-0.2, -0.15) is 5.10 Å². The van der Waals surface area contributed by atoms with Crippen LogP contribution in [0.3, 0.4) is 0 Å². The van der Waals surface area contributed by atoms with Gasteiger partial charge in [0, 0.05) is 5.39 Å². The van der Waals surface area contributed by atoms with Gasteiger partial charge in [-0.15, -0.1) is 0 Å². The first-order valence-corrected chi connectivity index (χ1v) is 6.78. The SMILES string of the molecule is Nc1n[nH]c2cccc(CCCN3CCCC3)c12. The molecule has 1 fully saturated rings. The standard InChI is InChI=1S/C14H20N4/c15-14-13-11(5-3-7-12(13)16-17-14)6-4-10-18-8-1-2-9-18/h3,5,7H,1-2,4,6,8-10H2,(H3,15,16,17). The minimum Gasteiger partial charge on any atom is -0.382 e. The van der Waals surface area contributed by atoms with E-state index in [1.54, 1.807) is 0 Å². The summed E-state index contributed by atoms with van der Waals surface area (Å²) in [6.07, 6.45) is 5.01. The molecule has 0 unspecified atom stereocenters. The molecule has 1 aromatic heterocycles. The Bertz CT molecular complexity index is 526. The van der Waals surface area contributed by atoms with Crippen LogP contribution < -0.4 is 5.73 Å². The van der Waals surface area contributed by atoms with Crippen LogP contribution >= 0.6 is 0 Å². The molecule has 18 heavy (non-hydrogen) atoms. The molecule has 2 heterocycles. The van der Waals surface area contributed by atoms with Crippen LogP contribution in [0.4, 0.5) is 5.82 Å². The first-order chi connectivity index (χ1) is 8.84. The van der Waals surface area contributed by atoms with Gasteiger partial charge in [0.25, 0.3) is 0 Å². The number of benzene rings is 1. The molecule has 4 nitrogen and oxygen atoms in total. The predicted molar refractivity (Wildman–Crippen MR) is 74.5 cm³/mol. The largest absolute Gasteiger partial charge is 0.382 e. The Kier molecular flexibility index (Phi) is 3.19. The van der Waals surface area contributed by atoms with Crippen molar-refractivity contribution in [1.82, 2.24) is 15.1 Å². The minimum atomic E-state index is 0.627. The Morgan fingerprint density at radius 3 is 2.94 bits per heavy atom. The van der Waals surface area contributed by atoms with E-state index in [-0.39, 0.29) is 0 Å². The molecule has 1 aliphatic heterocycles. The van der Waals surface area contributed by atoms with Crippen LogP contribution in [0.5, 0.6) is 0 Å². The van der Waals surface area contributed by atoms with Gasteiger partial charge in [0.15, 0.2) is 5.82 Å². The van der Waals surface area contributed by atoms with Gasteiger partial charge in [0.2, 0.25) is 0 Å². The molecule has 0 bridgehead atoms. The number of aromatic amines is 1. The van der Waals surface area contributed by atoms with Gasteiger partial charge in [-0.25, -0.2) is 0 Å². The Morgan fingerprint density at radius 1 is 1.28 bits per heavy atom. The van der Waals surface area contributed by atoms with Gasteiger partial charge in [0.1, 0.15) is 0 Å². The summed E-state index contributed by atoms with van der Waals surface area (Å²) in [4.78, 5) is 2.55. The van der Waals surface area contributed by atoms with Gasteiger partial charge in [0.05, 0.1) is 5.52 Å². The first kappa shape index (κ1) is 11.5. The maximum atomic E-state index is 5.92. The van der Waals surface area contributed by atoms with Crippen molar-refractivity contribution in [2.45, 2.75) is 25.7 Å². The molecule has 2 aromatic rings. The summed E-state index contributed by atoms with van der Waals surface area (Å²) in [5.74, 6) is 0.627. The van der Waals surface area contributed by atoms with Crippen LogP contribution in [0.2, 0.25) is 0 Å². The van der Waals surface area contributed by atoms with E-state index in [1.165, 1.54) is 44.5 Å². The Hall–Kier alpha value is -1.55. The van der Waals surface area contributed by atoms with Gasteiger partial charge in [-0.05, 0) is 56.9 Å². The third-order valence-electron chi connectivity index (χ3n) is 3.82. The number of rotatable bonds is 4. The van der Waals surface area contributed by atoms with E-state index < -0.39 is 0 Å². The number of likely N-dealkylation sites (tertiary alicyclic amines) is 1. The number of aromatic nitrogens is 2. The number of nitrogens with two attached hydrogens (primary N) is 1. The second kappa shape index (κ2) is 4.98. The van der Waals surface area contributed by atoms with Crippen molar-refractivity contribution < 1.29 is 0 Å². The number of anilines is 1. The second-order valence-electron chi connectivity index (χ2n) is 5.10. The van der Waals surface area contributed by atoms with Crippen molar-refractivity contribution >= 4 is 16.7 Å². The monoisotopic (exact) mass is 244 g/mol. The van der Waals surface area contributed by atoms with Crippen molar-refractivity contribution in [3.63, 3.8) is 0 Å². The number of nitrogens with one attached hydrogen (secondary N) is 1. The average molecular weight is 244 g/mol. The third kappa shape index (κ3) is 2.20. The van der Waals surface area contributed by atoms with Crippen molar-refractivity contribution in [3.8, 4) is 0 Å². The molecule has 0 amide bonds. The van der Waals surface area contributed by atoms with Crippen LogP contribution in [-0.4, -0.2) is 34.7 Å². The molecule has 0 radical (unpaired) electrons. The lowest BCUT2D eigenvalue weighted by molar-refractivity contribution is 0.334. The summed E-state index contributed by atoms with van der Waals surface area (Å²) >= 11 is 0.